The summed E-state index contributed by atoms with van der Waals surface area (Å²) in [7, 11) is 0. The summed E-state index contributed by atoms with van der Waals surface area (Å²) in [5.74, 6) is -1.05. The Kier molecular flexibility index (Phi) is 6.62. The van der Waals surface area contributed by atoms with Crippen molar-refractivity contribution in [1.82, 2.24) is 0 Å². The van der Waals surface area contributed by atoms with Crippen molar-refractivity contribution >= 4 is 46.8 Å². The normalized spacial score (nSPS) is 12.0. The number of rotatable bonds is 5. The Morgan fingerprint density at radius 3 is 2.44 bits per heavy atom. The molecule has 2 rings (SSSR count). The molecular formula is C19H17Cl2NO3. The minimum atomic E-state index is -0.942. The molecule has 1 N–H and O–H groups in total. The average Bonchev–Trinajstić information content (AvgIpc) is 2.57. The van der Waals surface area contributed by atoms with Gasteiger partial charge >= 0.3 is 5.97 Å². The number of carbonyl (C=O) groups is 2. The Bertz CT molecular complexity index is 801. The van der Waals surface area contributed by atoms with E-state index in [0.717, 1.165) is 11.1 Å². The van der Waals surface area contributed by atoms with Crippen LogP contribution in [-0.2, 0) is 14.3 Å². The van der Waals surface area contributed by atoms with E-state index in [1.165, 1.54) is 13.0 Å². The summed E-state index contributed by atoms with van der Waals surface area (Å²) in [6.45, 7) is 3.37. The molecule has 25 heavy (non-hydrogen) atoms. The number of hydrogen-bond donors (Lipinski definition) is 1. The molecule has 0 heterocycles. The zero-order valence-electron chi connectivity index (χ0n) is 13.8. The quantitative estimate of drug-likeness (QED) is 0.596. The van der Waals surface area contributed by atoms with Crippen molar-refractivity contribution in [3.63, 3.8) is 0 Å². The van der Waals surface area contributed by atoms with Crippen LogP contribution in [0.15, 0.2) is 48.5 Å². The van der Waals surface area contributed by atoms with Crippen LogP contribution in [0.25, 0.3) is 6.08 Å². The number of ether oxygens (including phenoxy) is 1. The number of hydrogen-bond acceptors (Lipinski definition) is 3. The molecule has 4 nitrogen and oxygen atoms in total. The fourth-order valence-electron chi connectivity index (χ4n) is 1.92. The molecule has 0 saturated carbocycles. The Hall–Kier alpha value is -2.30. The predicted octanol–water partition coefficient (Wildman–Crippen LogP) is 4.89. The highest BCUT2D eigenvalue weighted by atomic mass is 35.5. The molecule has 130 valence electrons. The number of anilines is 1. The summed E-state index contributed by atoms with van der Waals surface area (Å²) in [6, 6.07) is 12.1. The first kappa shape index (κ1) is 19.0. The molecule has 0 aliphatic rings. The summed E-state index contributed by atoms with van der Waals surface area (Å²) < 4.78 is 5.09. The third kappa shape index (κ3) is 5.93. The van der Waals surface area contributed by atoms with Gasteiger partial charge in [-0.05, 0) is 55.3 Å². The van der Waals surface area contributed by atoms with Gasteiger partial charge in [-0.25, -0.2) is 4.79 Å². The number of aryl methyl sites for hydroxylation is 1. The van der Waals surface area contributed by atoms with Gasteiger partial charge in [0.1, 0.15) is 0 Å². The largest absolute Gasteiger partial charge is 0.449 e. The highest BCUT2D eigenvalue weighted by Gasteiger charge is 2.16. The van der Waals surface area contributed by atoms with Gasteiger partial charge in [0.05, 0.1) is 0 Å². The molecule has 2 aromatic carbocycles. The fraction of sp³-hybridized carbons (Fsp3) is 0.158. The van der Waals surface area contributed by atoms with Crippen LogP contribution < -0.4 is 5.32 Å². The van der Waals surface area contributed by atoms with Gasteiger partial charge in [0.15, 0.2) is 6.10 Å². The van der Waals surface area contributed by atoms with Crippen LogP contribution in [0.5, 0.6) is 0 Å². The van der Waals surface area contributed by atoms with Crippen molar-refractivity contribution in [3.05, 3.63) is 69.7 Å². The number of halogens is 2. The Labute approximate surface area is 156 Å². The summed E-state index contributed by atoms with van der Waals surface area (Å²) in [5, 5.41) is 3.82. The van der Waals surface area contributed by atoms with E-state index < -0.39 is 18.0 Å². The molecule has 0 fully saturated rings. The molecule has 0 aromatic heterocycles. The van der Waals surface area contributed by atoms with Crippen LogP contribution in [0.2, 0.25) is 10.0 Å². The van der Waals surface area contributed by atoms with E-state index in [1.807, 2.05) is 6.92 Å². The van der Waals surface area contributed by atoms with Gasteiger partial charge in [-0.3, -0.25) is 4.79 Å². The summed E-state index contributed by atoms with van der Waals surface area (Å²) >= 11 is 11.8. The van der Waals surface area contributed by atoms with E-state index in [9.17, 15) is 9.59 Å². The number of carbonyl (C=O) groups excluding carboxylic acids is 2. The second kappa shape index (κ2) is 8.70. The van der Waals surface area contributed by atoms with Crippen LogP contribution >= 0.6 is 23.2 Å². The number of esters is 1. The smallest absolute Gasteiger partial charge is 0.331 e. The third-order valence-corrected chi connectivity index (χ3v) is 4.04. The molecule has 0 aliphatic carbocycles. The van der Waals surface area contributed by atoms with Crippen molar-refractivity contribution in [2.75, 3.05) is 5.32 Å². The molecule has 0 radical (unpaired) electrons. The van der Waals surface area contributed by atoms with Crippen molar-refractivity contribution in [2.45, 2.75) is 20.0 Å². The summed E-state index contributed by atoms with van der Waals surface area (Å²) in [6.07, 6.45) is 1.90. The van der Waals surface area contributed by atoms with Gasteiger partial charge in [0.2, 0.25) is 0 Å². The predicted molar refractivity (Wildman–Crippen MR) is 101 cm³/mol. The number of amides is 1. The molecule has 0 aliphatic heterocycles. The van der Waals surface area contributed by atoms with Gasteiger partial charge < -0.3 is 10.1 Å². The highest BCUT2D eigenvalue weighted by molar-refractivity contribution is 6.31. The molecule has 0 spiro atoms. The first-order valence-electron chi connectivity index (χ1n) is 7.56. The summed E-state index contributed by atoms with van der Waals surface area (Å²) in [4.78, 5) is 23.9. The summed E-state index contributed by atoms with van der Waals surface area (Å²) in [5.41, 5.74) is 2.25. The fourth-order valence-corrected chi connectivity index (χ4v) is 2.23. The highest BCUT2D eigenvalue weighted by Crippen LogP contribution is 2.20. The lowest BCUT2D eigenvalue weighted by Crippen LogP contribution is -2.29. The topological polar surface area (TPSA) is 55.4 Å². The maximum absolute atomic E-state index is 12.1. The maximum Gasteiger partial charge on any atom is 0.331 e. The van der Waals surface area contributed by atoms with E-state index in [0.29, 0.717) is 15.7 Å². The van der Waals surface area contributed by atoms with Crippen molar-refractivity contribution in [3.8, 4) is 0 Å². The van der Waals surface area contributed by atoms with Gasteiger partial charge in [0, 0.05) is 21.8 Å². The van der Waals surface area contributed by atoms with Gasteiger partial charge in [-0.15, -0.1) is 0 Å². The SMILES string of the molecule is Cc1ccc(NC(=O)C(C)OC(=O)C=Cc2ccc(Cl)cc2)cc1Cl. The molecule has 1 amide bonds. The lowest BCUT2D eigenvalue weighted by molar-refractivity contribution is -0.148. The first-order valence-corrected chi connectivity index (χ1v) is 8.32. The standard InChI is InChI=1S/C19H17Cl2NO3/c1-12-3-9-16(11-17(12)21)22-19(24)13(2)25-18(23)10-6-14-4-7-15(20)8-5-14/h3-11,13H,1-2H3,(H,22,24). The van der Waals surface area contributed by atoms with Gasteiger partial charge in [0.25, 0.3) is 5.91 Å². The maximum atomic E-state index is 12.1. The second-order valence-corrected chi connectivity index (χ2v) is 6.26. The Balaban J connectivity index is 1.90. The zero-order valence-corrected chi connectivity index (χ0v) is 15.3. The van der Waals surface area contributed by atoms with Crippen molar-refractivity contribution in [1.29, 1.82) is 0 Å². The second-order valence-electron chi connectivity index (χ2n) is 5.42. The van der Waals surface area contributed by atoms with Gasteiger partial charge in [-0.2, -0.15) is 0 Å². The molecule has 1 unspecified atom stereocenters. The first-order chi connectivity index (χ1) is 11.8. The molecular weight excluding hydrogens is 361 g/mol. The lowest BCUT2D eigenvalue weighted by atomic mass is 10.2. The Morgan fingerprint density at radius 1 is 1.12 bits per heavy atom. The van der Waals surface area contributed by atoms with Crippen molar-refractivity contribution in [2.24, 2.45) is 0 Å². The number of nitrogens with one attached hydrogen (secondary N) is 1. The van der Waals surface area contributed by atoms with E-state index in [-0.39, 0.29) is 0 Å². The van der Waals surface area contributed by atoms with E-state index in [2.05, 4.69) is 5.32 Å². The van der Waals surface area contributed by atoms with Crippen LogP contribution in [0.1, 0.15) is 18.1 Å². The van der Waals surface area contributed by atoms with Crippen molar-refractivity contribution < 1.29 is 14.3 Å². The average molecular weight is 378 g/mol. The van der Waals surface area contributed by atoms with Crippen LogP contribution in [-0.4, -0.2) is 18.0 Å². The third-order valence-electron chi connectivity index (χ3n) is 3.38. The minimum Gasteiger partial charge on any atom is -0.449 e. The lowest BCUT2D eigenvalue weighted by Gasteiger charge is -2.13. The molecule has 0 saturated heterocycles. The molecule has 6 heteroatoms. The molecule has 2 aromatic rings. The van der Waals surface area contributed by atoms with Crippen LogP contribution in [0.4, 0.5) is 5.69 Å². The van der Waals surface area contributed by atoms with E-state index in [1.54, 1.807) is 48.5 Å². The van der Waals surface area contributed by atoms with Gasteiger partial charge in [-0.1, -0.05) is 41.4 Å². The van der Waals surface area contributed by atoms with E-state index in [4.69, 9.17) is 27.9 Å². The van der Waals surface area contributed by atoms with E-state index >= 15 is 0 Å². The monoisotopic (exact) mass is 377 g/mol. The van der Waals surface area contributed by atoms with Crippen LogP contribution in [0, 0.1) is 6.92 Å². The zero-order chi connectivity index (χ0) is 18.4. The Morgan fingerprint density at radius 2 is 1.80 bits per heavy atom. The van der Waals surface area contributed by atoms with Crippen LogP contribution in [0.3, 0.4) is 0 Å². The minimum absolute atomic E-state index is 0.437. The number of benzene rings is 2. The molecule has 1 atom stereocenters. The molecule has 0 bridgehead atoms.